The van der Waals surface area contributed by atoms with Crippen LogP contribution in [0.15, 0.2) is 0 Å². The van der Waals surface area contributed by atoms with Crippen LogP contribution in [-0.2, 0) is 18.8 Å². The van der Waals surface area contributed by atoms with Crippen LogP contribution in [0.4, 0.5) is 0 Å². The van der Waals surface area contributed by atoms with Crippen LogP contribution < -0.4 is 0 Å². The Morgan fingerprint density at radius 2 is 1.83 bits per heavy atom. The molecule has 0 rings (SSSR count). The Bertz CT molecular complexity index is 33.8. The van der Waals surface area contributed by atoms with Crippen LogP contribution in [-0.4, -0.2) is 10.3 Å². The molecule has 0 saturated heterocycles. The van der Waals surface area contributed by atoms with Crippen molar-refractivity contribution in [1.82, 2.24) is 0 Å². The van der Waals surface area contributed by atoms with E-state index in [2.05, 4.69) is 9.42 Å². The van der Waals surface area contributed by atoms with E-state index in [0.29, 0.717) is 0 Å². The fourth-order valence-corrected chi connectivity index (χ4v) is 0. The summed E-state index contributed by atoms with van der Waals surface area (Å²) in [7, 11) is 4.65. The Balaban J connectivity index is 0. The van der Waals surface area contributed by atoms with Gasteiger partial charge in [0.2, 0.25) is 0 Å². The van der Waals surface area contributed by atoms with Gasteiger partial charge in [-0.05, 0) is 0 Å². The van der Waals surface area contributed by atoms with E-state index in [1.165, 1.54) is 18.8 Å². The van der Waals surface area contributed by atoms with E-state index in [1.54, 1.807) is 0 Å². The van der Waals surface area contributed by atoms with E-state index >= 15 is 0 Å². The molecule has 4 nitrogen and oxygen atoms in total. The number of hydrogen-bond acceptors (Lipinski definition) is 2. The third-order valence-corrected chi connectivity index (χ3v) is 0. The summed E-state index contributed by atoms with van der Waals surface area (Å²) in [5.41, 5.74) is 0. The summed E-state index contributed by atoms with van der Waals surface area (Å²) >= 11 is 1.42. The molecule has 0 aliphatic heterocycles. The molecule has 6 heteroatoms. The molecule has 0 aliphatic carbocycles. The SMILES string of the molecule is O=[N+]([O-])O.[Cl][Mo]. The summed E-state index contributed by atoms with van der Waals surface area (Å²) < 4.78 is 0. The minimum absolute atomic E-state index is 1.42. The summed E-state index contributed by atoms with van der Waals surface area (Å²) in [6.45, 7) is 0. The average Bonchev–Trinajstić information content (AvgIpc) is 1.41. The van der Waals surface area contributed by atoms with Gasteiger partial charge in [-0.1, -0.05) is 0 Å². The van der Waals surface area contributed by atoms with Crippen molar-refractivity contribution in [3.8, 4) is 0 Å². The van der Waals surface area contributed by atoms with Crippen molar-refractivity contribution in [2.45, 2.75) is 0 Å². The van der Waals surface area contributed by atoms with Gasteiger partial charge in [0, 0.05) is 0 Å². The molecule has 0 aromatic heterocycles. The summed E-state index contributed by atoms with van der Waals surface area (Å²) in [6.07, 6.45) is 0. The first-order valence-electron chi connectivity index (χ1n) is 0.719. The first kappa shape index (κ1) is 9.49. The third kappa shape index (κ3) is 1330. The normalized spacial score (nSPS) is 4.83. The topological polar surface area (TPSA) is 63.4 Å². The van der Waals surface area contributed by atoms with E-state index in [0.717, 1.165) is 0 Å². The second kappa shape index (κ2) is 8.95. The molecule has 37 valence electrons. The number of halogens is 1. The molecule has 0 aliphatic rings. The molecule has 0 aromatic carbocycles. The fraction of sp³-hybridized carbons (Fsp3) is 0. The Morgan fingerprint density at radius 1 is 1.83 bits per heavy atom. The molecular formula is HClMoNO3. The monoisotopic (exact) mass is 196 g/mol. The summed E-state index contributed by atoms with van der Waals surface area (Å²) in [6, 6.07) is 0. The van der Waals surface area contributed by atoms with E-state index in [4.69, 9.17) is 15.3 Å². The molecule has 0 atom stereocenters. The van der Waals surface area contributed by atoms with E-state index in [1.807, 2.05) is 0 Å². The Hall–Kier alpha value is 0.178. The molecule has 0 spiro atoms. The van der Waals surface area contributed by atoms with Gasteiger partial charge >= 0.3 is 28.2 Å². The molecule has 6 heavy (non-hydrogen) atoms. The van der Waals surface area contributed by atoms with Gasteiger partial charge in [0.15, 0.2) is 0 Å². The quantitative estimate of drug-likeness (QED) is 0.344. The van der Waals surface area contributed by atoms with Gasteiger partial charge in [-0.15, -0.1) is 10.1 Å². The first-order chi connectivity index (χ1) is 2.73. The number of rotatable bonds is 0. The van der Waals surface area contributed by atoms with Crippen molar-refractivity contribution in [1.29, 1.82) is 0 Å². The molecule has 0 heterocycles. The Labute approximate surface area is 49.0 Å². The molecule has 0 radical (unpaired) electrons. The standard InChI is InChI=1S/ClH.Mo.HNO3/c;;2-1(3)4/h1H;;(H,2,3,4)/q;+1;/p-1. The molecular weight excluding hydrogens is 193 g/mol. The second-order valence-electron chi connectivity index (χ2n) is 0.238. The van der Waals surface area contributed by atoms with Gasteiger partial charge in [0.05, 0.1) is 0 Å². The van der Waals surface area contributed by atoms with Gasteiger partial charge in [0.25, 0.3) is 5.09 Å². The predicted molar refractivity (Wildman–Crippen MR) is 14.6 cm³/mol. The Morgan fingerprint density at radius 3 is 1.83 bits per heavy atom. The molecule has 0 aromatic rings. The van der Waals surface area contributed by atoms with Gasteiger partial charge in [0.1, 0.15) is 0 Å². The van der Waals surface area contributed by atoms with Crippen LogP contribution in [0.2, 0.25) is 0 Å². The first-order valence-corrected chi connectivity index (χ1v) is 3.30. The minimum atomic E-state index is -1.50. The van der Waals surface area contributed by atoms with Crippen molar-refractivity contribution >= 4 is 9.42 Å². The summed E-state index contributed by atoms with van der Waals surface area (Å²) in [5, 5.41) is 13.6. The van der Waals surface area contributed by atoms with Crippen molar-refractivity contribution in [2.24, 2.45) is 0 Å². The van der Waals surface area contributed by atoms with Gasteiger partial charge < -0.3 is 5.21 Å². The molecule has 0 unspecified atom stereocenters. The zero-order chi connectivity index (χ0) is 5.58. The summed E-state index contributed by atoms with van der Waals surface area (Å²) in [5.74, 6) is 0. The maximum absolute atomic E-state index is 8.36. The van der Waals surface area contributed by atoms with Crippen molar-refractivity contribution in [3.05, 3.63) is 10.1 Å². The number of hydrogen-bond donors (Lipinski definition) is 1. The van der Waals surface area contributed by atoms with Crippen LogP contribution in [0.1, 0.15) is 0 Å². The van der Waals surface area contributed by atoms with Crippen LogP contribution >= 0.6 is 9.42 Å². The van der Waals surface area contributed by atoms with Crippen LogP contribution in [0.5, 0.6) is 0 Å². The van der Waals surface area contributed by atoms with Crippen LogP contribution in [0, 0.1) is 10.1 Å². The second-order valence-corrected chi connectivity index (χ2v) is 0.238. The van der Waals surface area contributed by atoms with Crippen molar-refractivity contribution in [2.75, 3.05) is 0 Å². The average molecular weight is 194 g/mol. The van der Waals surface area contributed by atoms with Gasteiger partial charge in [-0.25, -0.2) is 0 Å². The third-order valence-electron chi connectivity index (χ3n) is 0. The summed E-state index contributed by atoms with van der Waals surface area (Å²) in [4.78, 5) is 8.36. The molecule has 0 fully saturated rings. The maximum atomic E-state index is 8.36. The van der Waals surface area contributed by atoms with Crippen molar-refractivity contribution in [3.63, 3.8) is 0 Å². The van der Waals surface area contributed by atoms with E-state index < -0.39 is 5.09 Å². The zero-order valence-corrected chi connectivity index (χ0v) is 5.26. The van der Waals surface area contributed by atoms with E-state index in [9.17, 15) is 0 Å². The Kier molecular flexibility index (Phi) is 14.2. The van der Waals surface area contributed by atoms with Gasteiger partial charge in [-0.3, -0.25) is 0 Å². The fourth-order valence-electron chi connectivity index (χ4n) is 0. The van der Waals surface area contributed by atoms with Crippen molar-refractivity contribution < 1.29 is 29.1 Å². The molecule has 1 N–H and O–H groups in total. The van der Waals surface area contributed by atoms with Crippen LogP contribution in [0.25, 0.3) is 0 Å². The number of nitrogens with zero attached hydrogens (tertiary/aromatic N) is 1. The van der Waals surface area contributed by atoms with Gasteiger partial charge in [-0.2, -0.15) is 0 Å². The van der Waals surface area contributed by atoms with Crippen LogP contribution in [0.3, 0.4) is 0 Å². The molecule has 0 amide bonds. The van der Waals surface area contributed by atoms with E-state index in [-0.39, 0.29) is 0 Å². The molecule has 0 bridgehead atoms. The molecule has 0 saturated carbocycles. The predicted octanol–water partition coefficient (Wildman–Crippen LogP) is 0.339. The zero-order valence-electron chi connectivity index (χ0n) is 2.50.